The average Bonchev–Trinajstić information content (AvgIpc) is 2.65. The zero-order chi connectivity index (χ0) is 11.4. The number of thioether (sulfide) groups is 1. The predicted molar refractivity (Wildman–Crippen MR) is 66.4 cm³/mol. The molecule has 2 rings (SSSR count). The summed E-state index contributed by atoms with van der Waals surface area (Å²) in [5.41, 5.74) is 6.20. The Morgan fingerprint density at radius 2 is 2.19 bits per heavy atom. The van der Waals surface area contributed by atoms with Crippen LogP contribution in [0, 0.1) is 0 Å². The first kappa shape index (κ1) is 11.8. The number of aliphatic hydroxyl groups excluding tert-OH is 1. The number of hydrogen-bond donors (Lipinski definition) is 2. The highest BCUT2D eigenvalue weighted by molar-refractivity contribution is 7.99. The molecule has 3 N–H and O–H groups in total. The van der Waals surface area contributed by atoms with Crippen LogP contribution >= 0.6 is 11.8 Å². The summed E-state index contributed by atoms with van der Waals surface area (Å²) in [5, 5.41) is 14.0. The molecule has 0 bridgehead atoms. The minimum Gasteiger partial charge on any atom is -0.396 e. The summed E-state index contributed by atoms with van der Waals surface area (Å²) < 4.78 is 1.69. The maximum absolute atomic E-state index is 9.91. The SMILES string of the molecule is Nc1cnn(CC(O)CN2CCSCC2)c1. The van der Waals surface area contributed by atoms with Crippen molar-refractivity contribution < 1.29 is 5.11 Å². The maximum Gasteiger partial charge on any atom is 0.0862 e. The first-order valence-electron chi connectivity index (χ1n) is 5.50. The molecule has 1 unspecified atom stereocenters. The number of nitrogens with two attached hydrogens (primary N) is 1. The molecule has 90 valence electrons. The van der Waals surface area contributed by atoms with Crippen LogP contribution < -0.4 is 5.73 Å². The molecule has 1 fully saturated rings. The van der Waals surface area contributed by atoms with E-state index in [9.17, 15) is 5.11 Å². The van der Waals surface area contributed by atoms with E-state index >= 15 is 0 Å². The van der Waals surface area contributed by atoms with Crippen LogP contribution in [0.25, 0.3) is 0 Å². The van der Waals surface area contributed by atoms with Gasteiger partial charge in [0, 0.05) is 37.3 Å². The van der Waals surface area contributed by atoms with E-state index in [4.69, 9.17) is 5.73 Å². The Labute approximate surface area is 99.6 Å². The van der Waals surface area contributed by atoms with Gasteiger partial charge in [0.05, 0.1) is 24.5 Å². The Hall–Kier alpha value is -0.720. The molecule has 0 aromatic carbocycles. The number of aromatic nitrogens is 2. The van der Waals surface area contributed by atoms with Gasteiger partial charge in [-0.05, 0) is 0 Å². The standard InChI is InChI=1S/C10H18N4OS/c11-9-5-12-14(6-9)8-10(15)7-13-1-3-16-4-2-13/h5-6,10,15H,1-4,7-8,11H2. The minimum atomic E-state index is -0.373. The average molecular weight is 242 g/mol. The van der Waals surface area contributed by atoms with Gasteiger partial charge in [-0.1, -0.05) is 0 Å². The van der Waals surface area contributed by atoms with Gasteiger partial charge in [0.25, 0.3) is 0 Å². The quantitative estimate of drug-likeness (QED) is 0.770. The lowest BCUT2D eigenvalue weighted by Crippen LogP contribution is -2.39. The van der Waals surface area contributed by atoms with Gasteiger partial charge in [0.15, 0.2) is 0 Å². The van der Waals surface area contributed by atoms with Crippen molar-refractivity contribution in [1.29, 1.82) is 0 Å². The van der Waals surface area contributed by atoms with Crippen LogP contribution in [0.2, 0.25) is 0 Å². The normalized spacial score (nSPS) is 19.8. The molecule has 0 radical (unpaired) electrons. The molecule has 5 nitrogen and oxygen atoms in total. The molecular formula is C10H18N4OS. The summed E-state index contributed by atoms with van der Waals surface area (Å²) in [6.45, 7) is 3.38. The Morgan fingerprint density at radius 3 is 2.81 bits per heavy atom. The summed E-state index contributed by atoms with van der Waals surface area (Å²) in [5.74, 6) is 2.34. The van der Waals surface area contributed by atoms with Crippen molar-refractivity contribution in [2.24, 2.45) is 0 Å². The van der Waals surface area contributed by atoms with E-state index < -0.39 is 0 Å². The summed E-state index contributed by atoms with van der Waals surface area (Å²) in [6.07, 6.45) is 2.97. The highest BCUT2D eigenvalue weighted by atomic mass is 32.2. The van der Waals surface area contributed by atoms with Gasteiger partial charge in [-0.15, -0.1) is 0 Å². The van der Waals surface area contributed by atoms with Crippen molar-refractivity contribution >= 4 is 17.4 Å². The number of β-amino-alcohol motifs (C(OH)–C–C–N with tert-alkyl or cyclic N) is 1. The summed E-state index contributed by atoms with van der Waals surface area (Å²) in [7, 11) is 0. The molecule has 1 aliphatic heterocycles. The zero-order valence-electron chi connectivity index (χ0n) is 9.25. The van der Waals surface area contributed by atoms with Gasteiger partial charge in [0.1, 0.15) is 0 Å². The third-order valence-electron chi connectivity index (χ3n) is 2.62. The van der Waals surface area contributed by atoms with E-state index in [1.54, 1.807) is 17.1 Å². The Morgan fingerprint density at radius 1 is 1.44 bits per heavy atom. The highest BCUT2D eigenvalue weighted by Crippen LogP contribution is 2.09. The van der Waals surface area contributed by atoms with Crippen molar-refractivity contribution in [3.8, 4) is 0 Å². The predicted octanol–water partition coefficient (Wildman–Crippen LogP) is -0.125. The van der Waals surface area contributed by atoms with Crippen LogP contribution in [0.15, 0.2) is 12.4 Å². The van der Waals surface area contributed by atoms with Gasteiger partial charge in [0.2, 0.25) is 0 Å². The van der Waals surface area contributed by atoms with Crippen LogP contribution in [-0.4, -0.2) is 57.0 Å². The molecule has 6 heteroatoms. The molecule has 2 heterocycles. The number of hydrogen-bond acceptors (Lipinski definition) is 5. The van der Waals surface area contributed by atoms with Crippen molar-refractivity contribution in [3.05, 3.63) is 12.4 Å². The van der Waals surface area contributed by atoms with Gasteiger partial charge in [-0.3, -0.25) is 9.58 Å². The molecule has 0 saturated carbocycles. The molecule has 0 aliphatic carbocycles. The molecule has 0 amide bonds. The topological polar surface area (TPSA) is 67.3 Å². The highest BCUT2D eigenvalue weighted by Gasteiger charge is 2.15. The van der Waals surface area contributed by atoms with Gasteiger partial charge < -0.3 is 10.8 Å². The fraction of sp³-hybridized carbons (Fsp3) is 0.700. The summed E-state index contributed by atoms with van der Waals surface area (Å²) in [6, 6.07) is 0. The first-order chi connectivity index (χ1) is 7.74. The lowest BCUT2D eigenvalue weighted by molar-refractivity contribution is 0.0996. The Kier molecular flexibility index (Phi) is 4.09. The van der Waals surface area contributed by atoms with Crippen molar-refractivity contribution in [1.82, 2.24) is 14.7 Å². The second-order valence-corrected chi connectivity index (χ2v) is 5.29. The third-order valence-corrected chi connectivity index (χ3v) is 3.57. The lowest BCUT2D eigenvalue weighted by atomic mass is 10.3. The van der Waals surface area contributed by atoms with Crippen LogP contribution in [0.5, 0.6) is 0 Å². The maximum atomic E-state index is 9.91. The monoisotopic (exact) mass is 242 g/mol. The number of nitrogens with zero attached hydrogens (tertiary/aromatic N) is 3. The number of aliphatic hydroxyl groups is 1. The van der Waals surface area contributed by atoms with Gasteiger partial charge >= 0.3 is 0 Å². The Bertz CT molecular complexity index is 324. The van der Waals surface area contributed by atoms with Crippen LogP contribution in [0.4, 0.5) is 5.69 Å². The summed E-state index contributed by atoms with van der Waals surface area (Å²) in [4.78, 5) is 2.30. The molecule has 1 aromatic heterocycles. The number of rotatable bonds is 4. The fourth-order valence-corrected chi connectivity index (χ4v) is 2.81. The molecule has 1 aromatic rings. The number of nitrogen functional groups attached to an aromatic ring is 1. The van der Waals surface area contributed by atoms with E-state index in [1.807, 2.05) is 11.8 Å². The van der Waals surface area contributed by atoms with E-state index in [-0.39, 0.29) is 6.10 Å². The lowest BCUT2D eigenvalue weighted by Gasteiger charge is -2.28. The van der Waals surface area contributed by atoms with E-state index in [0.717, 1.165) is 19.6 Å². The zero-order valence-corrected chi connectivity index (χ0v) is 10.1. The fourth-order valence-electron chi connectivity index (χ4n) is 1.83. The van der Waals surface area contributed by atoms with Crippen LogP contribution in [-0.2, 0) is 6.54 Å². The molecule has 1 aliphatic rings. The number of anilines is 1. The van der Waals surface area contributed by atoms with Gasteiger partial charge in [-0.2, -0.15) is 16.9 Å². The van der Waals surface area contributed by atoms with Crippen molar-refractivity contribution in [2.75, 3.05) is 36.9 Å². The summed E-state index contributed by atoms with van der Waals surface area (Å²) >= 11 is 1.98. The van der Waals surface area contributed by atoms with E-state index in [0.29, 0.717) is 12.2 Å². The third kappa shape index (κ3) is 3.40. The largest absolute Gasteiger partial charge is 0.396 e. The van der Waals surface area contributed by atoms with Crippen molar-refractivity contribution in [3.63, 3.8) is 0 Å². The molecular weight excluding hydrogens is 224 g/mol. The molecule has 16 heavy (non-hydrogen) atoms. The van der Waals surface area contributed by atoms with E-state index in [2.05, 4.69) is 10.00 Å². The molecule has 0 spiro atoms. The molecule has 1 atom stereocenters. The first-order valence-corrected chi connectivity index (χ1v) is 6.65. The second-order valence-electron chi connectivity index (χ2n) is 4.06. The van der Waals surface area contributed by atoms with Crippen LogP contribution in [0.3, 0.4) is 0 Å². The van der Waals surface area contributed by atoms with Crippen LogP contribution in [0.1, 0.15) is 0 Å². The van der Waals surface area contributed by atoms with E-state index in [1.165, 1.54) is 11.5 Å². The molecule has 1 saturated heterocycles. The minimum absolute atomic E-state index is 0.373. The van der Waals surface area contributed by atoms with Crippen molar-refractivity contribution in [2.45, 2.75) is 12.6 Å². The second kappa shape index (κ2) is 5.56. The van der Waals surface area contributed by atoms with Gasteiger partial charge in [-0.25, -0.2) is 0 Å². The smallest absolute Gasteiger partial charge is 0.0862 e. The Balaban J connectivity index is 1.77.